The first-order valence-electron chi connectivity index (χ1n) is 4.24. The molecule has 2 rings (SSSR count). The van der Waals surface area contributed by atoms with Crippen molar-refractivity contribution in [2.45, 2.75) is 12.8 Å². The third-order valence-corrected chi connectivity index (χ3v) is 2.96. The van der Waals surface area contributed by atoms with E-state index in [4.69, 9.17) is 0 Å². The van der Waals surface area contributed by atoms with Crippen LogP contribution in [0.2, 0.25) is 0 Å². The number of nitrogens with one attached hydrogen (secondary N) is 1. The molecule has 12 heavy (non-hydrogen) atoms. The molecule has 0 unspecified atom stereocenters. The molecule has 0 amide bonds. The average molecular weight is 226 g/mol. The van der Waals surface area contributed by atoms with Gasteiger partial charge in [0.25, 0.3) is 0 Å². The van der Waals surface area contributed by atoms with E-state index in [1.807, 2.05) is 0 Å². The summed E-state index contributed by atoms with van der Waals surface area (Å²) >= 11 is 3.50. The van der Waals surface area contributed by atoms with Crippen molar-refractivity contribution in [3.8, 4) is 0 Å². The Morgan fingerprint density at radius 1 is 1.42 bits per heavy atom. The minimum atomic E-state index is 0.738. The fourth-order valence-electron chi connectivity index (χ4n) is 1.56. The second-order valence-corrected chi connectivity index (χ2v) is 4.27. The van der Waals surface area contributed by atoms with E-state index in [0.29, 0.717) is 0 Å². The fourth-order valence-corrected chi connectivity index (χ4v) is 1.94. The minimum absolute atomic E-state index is 0.738. The van der Waals surface area contributed by atoms with Gasteiger partial charge in [0, 0.05) is 23.5 Å². The molecule has 0 aliphatic carbocycles. The van der Waals surface area contributed by atoms with Crippen molar-refractivity contribution in [1.29, 1.82) is 0 Å². The molecular formula is C10H12BrN. The van der Waals surface area contributed by atoms with Gasteiger partial charge in [-0.25, -0.2) is 0 Å². The van der Waals surface area contributed by atoms with Gasteiger partial charge in [0.05, 0.1) is 0 Å². The van der Waals surface area contributed by atoms with Crippen LogP contribution < -0.4 is 5.32 Å². The Balaban J connectivity index is 2.34. The highest BCUT2D eigenvalue weighted by molar-refractivity contribution is 9.10. The van der Waals surface area contributed by atoms with Crippen LogP contribution in [0.4, 0.5) is 0 Å². The zero-order valence-corrected chi connectivity index (χ0v) is 8.69. The van der Waals surface area contributed by atoms with E-state index in [9.17, 15) is 0 Å². The highest BCUT2D eigenvalue weighted by Gasteiger charge is 2.20. The molecule has 64 valence electrons. The van der Waals surface area contributed by atoms with E-state index in [0.717, 1.165) is 19.0 Å². The normalized spacial score (nSPS) is 17.5. The van der Waals surface area contributed by atoms with Gasteiger partial charge in [-0.1, -0.05) is 22.0 Å². The van der Waals surface area contributed by atoms with Crippen LogP contribution in [-0.2, 0) is 0 Å². The van der Waals surface area contributed by atoms with Gasteiger partial charge in [-0.3, -0.25) is 0 Å². The lowest BCUT2D eigenvalue weighted by molar-refractivity contribution is 0.447. The summed E-state index contributed by atoms with van der Waals surface area (Å²) in [5, 5.41) is 3.29. The number of hydrogen-bond donors (Lipinski definition) is 1. The molecule has 0 radical (unpaired) electrons. The number of aryl methyl sites for hydroxylation is 1. The molecule has 1 aliphatic rings. The van der Waals surface area contributed by atoms with Crippen LogP contribution in [0.1, 0.15) is 17.0 Å². The molecule has 0 bridgehead atoms. The quantitative estimate of drug-likeness (QED) is 0.775. The summed E-state index contributed by atoms with van der Waals surface area (Å²) in [6.45, 7) is 4.45. The third-order valence-electron chi connectivity index (χ3n) is 2.46. The van der Waals surface area contributed by atoms with Crippen LogP contribution in [0.25, 0.3) is 0 Å². The summed E-state index contributed by atoms with van der Waals surface area (Å²) in [5.41, 5.74) is 2.90. The summed E-state index contributed by atoms with van der Waals surface area (Å²) in [6, 6.07) is 6.52. The molecule has 1 N–H and O–H groups in total. The topological polar surface area (TPSA) is 12.0 Å². The maximum Gasteiger partial charge on any atom is 0.0178 e. The first kappa shape index (κ1) is 8.27. The van der Waals surface area contributed by atoms with Gasteiger partial charge in [-0.2, -0.15) is 0 Å². The second kappa shape index (κ2) is 3.19. The van der Waals surface area contributed by atoms with E-state index < -0.39 is 0 Å². The standard InChI is InChI=1S/C10H12BrN/c1-7-2-3-9(11)4-10(7)8-5-12-6-8/h2-4,8,12H,5-6H2,1H3. The second-order valence-electron chi connectivity index (χ2n) is 3.36. The van der Waals surface area contributed by atoms with E-state index in [-0.39, 0.29) is 0 Å². The van der Waals surface area contributed by atoms with Crippen LogP contribution in [0.3, 0.4) is 0 Å². The Bertz CT molecular complexity index is 292. The van der Waals surface area contributed by atoms with Crippen molar-refractivity contribution in [1.82, 2.24) is 5.32 Å². The SMILES string of the molecule is Cc1ccc(Br)cc1C1CNC1. The van der Waals surface area contributed by atoms with Gasteiger partial charge in [-0.15, -0.1) is 0 Å². The predicted octanol–water partition coefficient (Wildman–Crippen LogP) is 2.44. The first-order valence-corrected chi connectivity index (χ1v) is 5.03. The molecule has 1 fully saturated rings. The highest BCUT2D eigenvalue weighted by atomic mass is 79.9. The summed E-state index contributed by atoms with van der Waals surface area (Å²) in [5.74, 6) is 0.738. The van der Waals surface area contributed by atoms with Crippen LogP contribution in [0.5, 0.6) is 0 Å². The Kier molecular flexibility index (Phi) is 2.20. The molecule has 2 heteroatoms. The molecule has 0 spiro atoms. The Morgan fingerprint density at radius 2 is 2.17 bits per heavy atom. The van der Waals surface area contributed by atoms with Crippen molar-refractivity contribution in [3.63, 3.8) is 0 Å². The van der Waals surface area contributed by atoms with Crippen molar-refractivity contribution in [3.05, 3.63) is 33.8 Å². The lowest BCUT2D eigenvalue weighted by atomic mass is 9.90. The third kappa shape index (κ3) is 1.41. The number of halogens is 1. The van der Waals surface area contributed by atoms with Crippen LogP contribution in [0, 0.1) is 6.92 Å². The average Bonchev–Trinajstić information content (AvgIpc) is 1.93. The van der Waals surface area contributed by atoms with Gasteiger partial charge in [0.15, 0.2) is 0 Å². The largest absolute Gasteiger partial charge is 0.315 e. The smallest absolute Gasteiger partial charge is 0.0178 e. The number of rotatable bonds is 1. The van der Waals surface area contributed by atoms with E-state index >= 15 is 0 Å². The number of benzene rings is 1. The van der Waals surface area contributed by atoms with E-state index in [2.05, 4.69) is 46.4 Å². The zero-order valence-electron chi connectivity index (χ0n) is 7.10. The molecule has 1 aromatic carbocycles. The molecule has 1 nitrogen and oxygen atoms in total. The van der Waals surface area contributed by atoms with E-state index in [1.54, 1.807) is 0 Å². The zero-order chi connectivity index (χ0) is 8.55. The predicted molar refractivity (Wildman–Crippen MR) is 54.5 cm³/mol. The minimum Gasteiger partial charge on any atom is -0.315 e. The summed E-state index contributed by atoms with van der Waals surface area (Å²) in [7, 11) is 0. The van der Waals surface area contributed by atoms with Crippen molar-refractivity contribution in [2.24, 2.45) is 0 Å². The lowest BCUT2D eigenvalue weighted by Crippen LogP contribution is -2.40. The van der Waals surface area contributed by atoms with Gasteiger partial charge in [0.2, 0.25) is 0 Å². The first-order chi connectivity index (χ1) is 5.77. The molecule has 1 saturated heterocycles. The number of hydrogen-bond acceptors (Lipinski definition) is 1. The Labute approximate surface area is 81.3 Å². The van der Waals surface area contributed by atoms with Crippen LogP contribution in [-0.4, -0.2) is 13.1 Å². The van der Waals surface area contributed by atoms with Gasteiger partial charge in [0.1, 0.15) is 0 Å². The van der Waals surface area contributed by atoms with Gasteiger partial charge >= 0.3 is 0 Å². The Hall–Kier alpha value is -0.340. The molecule has 1 aromatic rings. The summed E-state index contributed by atoms with van der Waals surface area (Å²) in [4.78, 5) is 0. The maximum atomic E-state index is 3.50. The molecule has 1 aliphatic heterocycles. The molecular weight excluding hydrogens is 214 g/mol. The Morgan fingerprint density at radius 3 is 2.75 bits per heavy atom. The highest BCUT2D eigenvalue weighted by Crippen LogP contribution is 2.26. The summed E-state index contributed by atoms with van der Waals surface area (Å²) in [6.07, 6.45) is 0. The molecule has 1 heterocycles. The van der Waals surface area contributed by atoms with Crippen molar-refractivity contribution >= 4 is 15.9 Å². The maximum absolute atomic E-state index is 3.50. The van der Waals surface area contributed by atoms with Crippen LogP contribution >= 0.6 is 15.9 Å². The lowest BCUT2D eigenvalue weighted by Gasteiger charge is -2.28. The monoisotopic (exact) mass is 225 g/mol. The fraction of sp³-hybridized carbons (Fsp3) is 0.400. The van der Waals surface area contributed by atoms with Gasteiger partial charge in [-0.05, 0) is 30.2 Å². The van der Waals surface area contributed by atoms with Gasteiger partial charge < -0.3 is 5.32 Å². The molecule has 0 saturated carbocycles. The summed E-state index contributed by atoms with van der Waals surface area (Å²) < 4.78 is 1.19. The molecule has 0 aromatic heterocycles. The van der Waals surface area contributed by atoms with Crippen LogP contribution in [0.15, 0.2) is 22.7 Å². The van der Waals surface area contributed by atoms with Crippen molar-refractivity contribution in [2.75, 3.05) is 13.1 Å². The molecule has 0 atom stereocenters. The van der Waals surface area contributed by atoms with E-state index in [1.165, 1.54) is 15.6 Å². The van der Waals surface area contributed by atoms with Crippen molar-refractivity contribution < 1.29 is 0 Å².